The van der Waals surface area contributed by atoms with E-state index in [1.54, 1.807) is 20.8 Å². The van der Waals surface area contributed by atoms with Crippen molar-refractivity contribution in [3.63, 3.8) is 0 Å². The van der Waals surface area contributed by atoms with E-state index in [1.807, 2.05) is 0 Å². The first-order valence-electron chi connectivity index (χ1n) is 8.00. The Hall–Kier alpha value is -1.26. The quantitative estimate of drug-likeness (QED) is 0.864. The Labute approximate surface area is 126 Å². The topological polar surface area (TPSA) is 66.8 Å². The van der Waals surface area contributed by atoms with Gasteiger partial charge in [-0.2, -0.15) is 0 Å². The van der Waals surface area contributed by atoms with E-state index in [9.17, 15) is 14.7 Å². The lowest BCUT2D eigenvalue weighted by Gasteiger charge is -2.39. The van der Waals surface area contributed by atoms with E-state index < -0.39 is 23.7 Å². The lowest BCUT2D eigenvalue weighted by Crippen LogP contribution is -2.53. The highest BCUT2D eigenvalue weighted by atomic mass is 16.6. The highest BCUT2D eigenvalue weighted by molar-refractivity contribution is 5.80. The lowest BCUT2D eigenvalue weighted by atomic mass is 9.85. The summed E-state index contributed by atoms with van der Waals surface area (Å²) < 4.78 is 5.37. The average molecular weight is 297 g/mol. The molecule has 1 amide bonds. The molecule has 1 aliphatic carbocycles. The molecule has 0 bridgehead atoms. The Balaban J connectivity index is 2.03. The van der Waals surface area contributed by atoms with Crippen LogP contribution in [0.25, 0.3) is 0 Å². The summed E-state index contributed by atoms with van der Waals surface area (Å²) in [6.07, 6.45) is 5.81. The largest absolute Gasteiger partial charge is 0.480 e. The predicted octanol–water partition coefficient (Wildman–Crippen LogP) is 3.28. The van der Waals surface area contributed by atoms with Crippen LogP contribution in [0.3, 0.4) is 0 Å². The van der Waals surface area contributed by atoms with E-state index in [0.717, 1.165) is 31.6 Å². The molecular weight excluding hydrogens is 270 g/mol. The Morgan fingerprint density at radius 1 is 1.19 bits per heavy atom. The van der Waals surface area contributed by atoms with Crippen molar-refractivity contribution in [2.24, 2.45) is 11.8 Å². The Bertz CT molecular complexity index is 398. The minimum Gasteiger partial charge on any atom is -0.480 e. The molecule has 0 radical (unpaired) electrons. The smallest absolute Gasteiger partial charge is 0.411 e. The zero-order valence-corrected chi connectivity index (χ0v) is 13.3. The van der Waals surface area contributed by atoms with Crippen LogP contribution in [0.1, 0.15) is 59.3 Å². The molecule has 2 aliphatic rings. The van der Waals surface area contributed by atoms with Crippen LogP contribution in [0.2, 0.25) is 0 Å². The van der Waals surface area contributed by atoms with Crippen molar-refractivity contribution in [1.82, 2.24) is 4.90 Å². The SMILES string of the molecule is CC(C)(C)OC(=O)N1CCCC(CCC2CC2)C1C(=O)O. The van der Waals surface area contributed by atoms with Gasteiger partial charge in [-0.05, 0) is 51.9 Å². The third-order valence-corrected chi connectivity index (χ3v) is 4.28. The molecule has 1 heterocycles. The number of piperidine rings is 1. The zero-order chi connectivity index (χ0) is 15.6. The Morgan fingerprint density at radius 3 is 2.38 bits per heavy atom. The molecule has 5 heteroatoms. The molecule has 2 fully saturated rings. The highest BCUT2D eigenvalue weighted by Gasteiger charge is 2.41. The number of likely N-dealkylation sites (tertiary alicyclic amines) is 1. The molecule has 1 saturated heterocycles. The van der Waals surface area contributed by atoms with Gasteiger partial charge in [0.25, 0.3) is 0 Å². The molecule has 1 saturated carbocycles. The molecule has 5 nitrogen and oxygen atoms in total. The normalized spacial score (nSPS) is 26.5. The number of carbonyl (C=O) groups excluding carboxylic acids is 1. The molecule has 1 aliphatic heterocycles. The molecular formula is C16H27NO4. The first-order valence-corrected chi connectivity index (χ1v) is 8.00. The summed E-state index contributed by atoms with van der Waals surface area (Å²) in [7, 11) is 0. The molecule has 2 unspecified atom stereocenters. The minimum absolute atomic E-state index is 0.0596. The molecule has 0 aromatic heterocycles. The van der Waals surface area contributed by atoms with Gasteiger partial charge < -0.3 is 9.84 Å². The standard InChI is InChI=1S/C16H27NO4/c1-16(2,3)21-15(20)17-10-4-5-12(13(17)14(18)19)9-8-11-6-7-11/h11-13H,4-10H2,1-3H3,(H,18,19). The number of nitrogens with zero attached hydrogens (tertiary/aromatic N) is 1. The van der Waals surface area contributed by atoms with Gasteiger partial charge in [0.05, 0.1) is 0 Å². The first-order chi connectivity index (χ1) is 9.78. The fraction of sp³-hybridized carbons (Fsp3) is 0.875. The van der Waals surface area contributed by atoms with Crippen LogP contribution in [0.15, 0.2) is 0 Å². The van der Waals surface area contributed by atoms with Crippen LogP contribution in [-0.4, -0.2) is 40.3 Å². The van der Waals surface area contributed by atoms with Crippen molar-refractivity contribution in [3.05, 3.63) is 0 Å². The van der Waals surface area contributed by atoms with Gasteiger partial charge in [0.1, 0.15) is 11.6 Å². The average Bonchev–Trinajstić information content (AvgIpc) is 3.17. The summed E-state index contributed by atoms with van der Waals surface area (Å²) in [5.74, 6) is -0.0536. The van der Waals surface area contributed by atoms with Crippen molar-refractivity contribution < 1.29 is 19.4 Å². The summed E-state index contributed by atoms with van der Waals surface area (Å²) in [5, 5.41) is 9.56. The van der Waals surface area contributed by atoms with Crippen molar-refractivity contribution >= 4 is 12.1 Å². The van der Waals surface area contributed by atoms with Gasteiger partial charge in [-0.3, -0.25) is 4.90 Å². The molecule has 2 rings (SSSR count). The molecule has 120 valence electrons. The molecule has 2 atom stereocenters. The van der Waals surface area contributed by atoms with E-state index in [1.165, 1.54) is 17.7 Å². The van der Waals surface area contributed by atoms with Crippen LogP contribution in [0.5, 0.6) is 0 Å². The second-order valence-corrected chi connectivity index (χ2v) is 7.38. The van der Waals surface area contributed by atoms with E-state index in [4.69, 9.17) is 4.74 Å². The first kappa shape index (κ1) is 16.1. The fourth-order valence-electron chi connectivity index (χ4n) is 3.09. The summed E-state index contributed by atoms with van der Waals surface area (Å²) >= 11 is 0. The summed E-state index contributed by atoms with van der Waals surface area (Å²) in [4.78, 5) is 25.3. The number of amides is 1. The van der Waals surface area contributed by atoms with Gasteiger partial charge >= 0.3 is 12.1 Å². The van der Waals surface area contributed by atoms with Crippen molar-refractivity contribution in [1.29, 1.82) is 0 Å². The molecule has 0 aromatic rings. The number of ether oxygens (including phenoxy) is 1. The molecule has 21 heavy (non-hydrogen) atoms. The Morgan fingerprint density at radius 2 is 1.86 bits per heavy atom. The van der Waals surface area contributed by atoms with Gasteiger partial charge in [-0.25, -0.2) is 9.59 Å². The number of carboxylic acid groups (broad SMARTS) is 1. The summed E-state index contributed by atoms with van der Waals surface area (Å²) in [6, 6.07) is -0.729. The van der Waals surface area contributed by atoms with Crippen molar-refractivity contribution in [2.45, 2.75) is 70.9 Å². The van der Waals surface area contributed by atoms with E-state index in [-0.39, 0.29) is 5.92 Å². The number of hydrogen-bond acceptors (Lipinski definition) is 3. The van der Waals surface area contributed by atoms with E-state index in [2.05, 4.69) is 0 Å². The van der Waals surface area contributed by atoms with Crippen LogP contribution < -0.4 is 0 Å². The molecule has 0 spiro atoms. The Kier molecular flexibility index (Phi) is 4.79. The summed E-state index contributed by atoms with van der Waals surface area (Å²) in [6.45, 7) is 5.88. The zero-order valence-electron chi connectivity index (χ0n) is 13.3. The number of carbonyl (C=O) groups is 2. The summed E-state index contributed by atoms with van der Waals surface area (Å²) in [5.41, 5.74) is -0.596. The van der Waals surface area contributed by atoms with Gasteiger partial charge in [0, 0.05) is 6.54 Å². The van der Waals surface area contributed by atoms with E-state index in [0.29, 0.717) is 6.54 Å². The fourth-order valence-corrected chi connectivity index (χ4v) is 3.09. The van der Waals surface area contributed by atoms with Crippen molar-refractivity contribution in [2.75, 3.05) is 6.54 Å². The number of carboxylic acids is 1. The van der Waals surface area contributed by atoms with Gasteiger partial charge in [-0.1, -0.05) is 19.3 Å². The maximum atomic E-state index is 12.3. The van der Waals surface area contributed by atoms with Crippen molar-refractivity contribution in [3.8, 4) is 0 Å². The maximum absolute atomic E-state index is 12.3. The van der Waals surface area contributed by atoms with Gasteiger partial charge in [0.2, 0.25) is 0 Å². The third kappa shape index (κ3) is 4.61. The monoisotopic (exact) mass is 297 g/mol. The van der Waals surface area contributed by atoms with E-state index >= 15 is 0 Å². The third-order valence-electron chi connectivity index (χ3n) is 4.28. The maximum Gasteiger partial charge on any atom is 0.411 e. The molecule has 1 N–H and O–H groups in total. The number of aliphatic carboxylic acids is 1. The lowest BCUT2D eigenvalue weighted by molar-refractivity contribution is -0.147. The highest BCUT2D eigenvalue weighted by Crippen LogP contribution is 2.37. The second kappa shape index (κ2) is 6.24. The van der Waals surface area contributed by atoms with Crippen LogP contribution in [0, 0.1) is 11.8 Å². The van der Waals surface area contributed by atoms with Gasteiger partial charge in [-0.15, -0.1) is 0 Å². The van der Waals surface area contributed by atoms with Crippen LogP contribution in [-0.2, 0) is 9.53 Å². The van der Waals surface area contributed by atoms with Crippen LogP contribution in [0.4, 0.5) is 4.79 Å². The number of hydrogen-bond donors (Lipinski definition) is 1. The molecule has 0 aromatic carbocycles. The number of rotatable bonds is 4. The van der Waals surface area contributed by atoms with Crippen LogP contribution >= 0.6 is 0 Å². The minimum atomic E-state index is -0.902. The predicted molar refractivity (Wildman–Crippen MR) is 79.0 cm³/mol. The van der Waals surface area contributed by atoms with Gasteiger partial charge in [0.15, 0.2) is 0 Å². The second-order valence-electron chi connectivity index (χ2n) is 7.38.